The molecule has 16 heavy (non-hydrogen) atoms. The van der Waals surface area contributed by atoms with Crippen LogP contribution in [0.25, 0.3) is 11.1 Å². The van der Waals surface area contributed by atoms with E-state index < -0.39 is 0 Å². The van der Waals surface area contributed by atoms with E-state index in [1.807, 2.05) is 6.07 Å². The van der Waals surface area contributed by atoms with Gasteiger partial charge in [0.25, 0.3) is 0 Å². The van der Waals surface area contributed by atoms with Crippen LogP contribution in [0.3, 0.4) is 0 Å². The summed E-state index contributed by atoms with van der Waals surface area (Å²) in [4.78, 5) is 0. The summed E-state index contributed by atoms with van der Waals surface area (Å²) in [6, 6.07) is 9.40. The Hall–Kier alpha value is -1.87. The van der Waals surface area contributed by atoms with E-state index in [-0.39, 0.29) is 17.6 Å². The van der Waals surface area contributed by atoms with Crippen LogP contribution in [0.4, 0.5) is 4.39 Å². The molecule has 2 aromatic carbocycles. The van der Waals surface area contributed by atoms with E-state index in [0.29, 0.717) is 5.56 Å². The molecule has 2 nitrogen and oxygen atoms in total. The smallest absolute Gasteiger partial charge is 0.131 e. The van der Waals surface area contributed by atoms with Gasteiger partial charge in [0.05, 0.1) is 6.04 Å². The quantitative estimate of drug-likeness (QED) is 0.709. The molecule has 80 valence electrons. The number of fused-ring (bicyclic) bond motifs is 3. The summed E-state index contributed by atoms with van der Waals surface area (Å²) in [6.45, 7) is 0. The molecule has 2 aromatic rings. The number of nitrogens with two attached hydrogens (primary N) is 1. The van der Waals surface area contributed by atoms with Gasteiger partial charge in [0.15, 0.2) is 0 Å². The van der Waals surface area contributed by atoms with Crippen molar-refractivity contribution in [1.82, 2.24) is 0 Å². The van der Waals surface area contributed by atoms with Crippen LogP contribution in [0.5, 0.6) is 5.75 Å². The third-order valence-corrected chi connectivity index (χ3v) is 3.02. The molecule has 3 rings (SSSR count). The molecule has 3 N–H and O–H groups in total. The van der Waals surface area contributed by atoms with E-state index in [1.165, 1.54) is 6.07 Å². The minimum absolute atomic E-state index is 0.155. The molecule has 0 aromatic heterocycles. The fourth-order valence-electron chi connectivity index (χ4n) is 2.29. The zero-order valence-corrected chi connectivity index (χ0v) is 8.44. The van der Waals surface area contributed by atoms with Gasteiger partial charge in [0, 0.05) is 5.56 Å². The summed E-state index contributed by atoms with van der Waals surface area (Å²) in [5, 5.41) is 9.41. The molecule has 0 bridgehead atoms. The van der Waals surface area contributed by atoms with Gasteiger partial charge in [-0.2, -0.15) is 0 Å². The first kappa shape index (κ1) is 9.36. The summed E-state index contributed by atoms with van der Waals surface area (Å²) in [6.07, 6.45) is 0. The first-order valence-electron chi connectivity index (χ1n) is 5.06. The molecule has 0 aliphatic heterocycles. The third kappa shape index (κ3) is 1.09. The number of hydrogen-bond donors (Lipinski definition) is 2. The van der Waals surface area contributed by atoms with E-state index in [0.717, 1.165) is 16.7 Å². The zero-order valence-electron chi connectivity index (χ0n) is 8.44. The number of halogens is 1. The fraction of sp³-hybridized carbons (Fsp3) is 0.0769. The molecule has 0 saturated heterocycles. The molecule has 1 atom stereocenters. The van der Waals surface area contributed by atoms with Gasteiger partial charge in [-0.15, -0.1) is 0 Å². The highest BCUT2D eigenvalue weighted by Crippen LogP contribution is 2.44. The Morgan fingerprint density at radius 2 is 1.94 bits per heavy atom. The summed E-state index contributed by atoms with van der Waals surface area (Å²) < 4.78 is 13.7. The summed E-state index contributed by atoms with van der Waals surface area (Å²) >= 11 is 0. The molecule has 0 radical (unpaired) electrons. The van der Waals surface area contributed by atoms with E-state index in [2.05, 4.69) is 0 Å². The summed E-state index contributed by atoms with van der Waals surface area (Å²) in [7, 11) is 0. The molecule has 1 unspecified atom stereocenters. The molecular formula is C13H10FNO. The van der Waals surface area contributed by atoms with Crippen molar-refractivity contribution in [3.63, 3.8) is 0 Å². The Labute approximate surface area is 92.1 Å². The minimum Gasteiger partial charge on any atom is -0.508 e. The average molecular weight is 215 g/mol. The molecule has 0 heterocycles. The highest BCUT2D eigenvalue weighted by atomic mass is 19.1. The van der Waals surface area contributed by atoms with Crippen LogP contribution in [-0.4, -0.2) is 5.11 Å². The Bertz CT molecular complexity index is 580. The Morgan fingerprint density at radius 3 is 2.75 bits per heavy atom. The number of phenols is 1. The highest BCUT2D eigenvalue weighted by Gasteiger charge is 2.28. The monoisotopic (exact) mass is 215 g/mol. The van der Waals surface area contributed by atoms with Crippen LogP contribution >= 0.6 is 0 Å². The van der Waals surface area contributed by atoms with Crippen molar-refractivity contribution in [2.75, 3.05) is 0 Å². The largest absolute Gasteiger partial charge is 0.508 e. The predicted octanol–water partition coefficient (Wildman–Crippen LogP) is 2.56. The molecule has 1 aliphatic rings. The van der Waals surface area contributed by atoms with Crippen molar-refractivity contribution in [2.24, 2.45) is 5.73 Å². The van der Waals surface area contributed by atoms with Crippen molar-refractivity contribution in [2.45, 2.75) is 6.04 Å². The second kappa shape index (κ2) is 3.06. The lowest BCUT2D eigenvalue weighted by Crippen LogP contribution is -2.07. The molecule has 3 heteroatoms. The first-order valence-corrected chi connectivity index (χ1v) is 5.06. The Morgan fingerprint density at radius 1 is 1.12 bits per heavy atom. The van der Waals surface area contributed by atoms with Crippen LogP contribution < -0.4 is 5.73 Å². The SMILES string of the molecule is NC1c2cc(O)ccc2-c2c(F)cccc21. The van der Waals surface area contributed by atoms with Crippen molar-refractivity contribution in [3.8, 4) is 16.9 Å². The molecule has 0 fully saturated rings. The van der Waals surface area contributed by atoms with E-state index in [9.17, 15) is 9.50 Å². The van der Waals surface area contributed by atoms with Gasteiger partial charge >= 0.3 is 0 Å². The van der Waals surface area contributed by atoms with Crippen LogP contribution in [0, 0.1) is 5.82 Å². The highest BCUT2D eigenvalue weighted by molar-refractivity contribution is 5.79. The third-order valence-electron chi connectivity index (χ3n) is 3.02. The van der Waals surface area contributed by atoms with Crippen LogP contribution in [-0.2, 0) is 0 Å². The lowest BCUT2D eigenvalue weighted by atomic mass is 10.1. The standard InChI is InChI=1S/C13H10FNO/c14-11-3-1-2-9-12(11)8-5-4-7(16)6-10(8)13(9)15/h1-6,13,16H,15H2. The predicted molar refractivity (Wildman–Crippen MR) is 59.5 cm³/mol. The van der Waals surface area contributed by atoms with Crippen molar-refractivity contribution < 1.29 is 9.50 Å². The van der Waals surface area contributed by atoms with Crippen LogP contribution in [0.2, 0.25) is 0 Å². The van der Waals surface area contributed by atoms with Gasteiger partial charge in [0.2, 0.25) is 0 Å². The molecule has 0 amide bonds. The molecule has 0 spiro atoms. The van der Waals surface area contributed by atoms with Crippen LogP contribution in [0.1, 0.15) is 17.2 Å². The number of aromatic hydroxyl groups is 1. The molecule has 1 aliphatic carbocycles. The van der Waals surface area contributed by atoms with E-state index >= 15 is 0 Å². The molecule has 0 saturated carbocycles. The van der Waals surface area contributed by atoms with Crippen LogP contribution in [0.15, 0.2) is 36.4 Å². The second-order valence-corrected chi connectivity index (χ2v) is 3.95. The van der Waals surface area contributed by atoms with Gasteiger partial charge in [0.1, 0.15) is 11.6 Å². The summed E-state index contributed by atoms with van der Waals surface area (Å²) in [5.41, 5.74) is 8.91. The van der Waals surface area contributed by atoms with Gasteiger partial charge in [-0.05, 0) is 34.9 Å². The van der Waals surface area contributed by atoms with Crippen molar-refractivity contribution in [1.29, 1.82) is 0 Å². The minimum atomic E-state index is -0.354. The average Bonchev–Trinajstić information content (AvgIpc) is 2.55. The lowest BCUT2D eigenvalue weighted by molar-refractivity contribution is 0.474. The van der Waals surface area contributed by atoms with Gasteiger partial charge in [-0.3, -0.25) is 0 Å². The number of phenolic OH excluding ortho intramolecular Hbond substituents is 1. The maximum Gasteiger partial charge on any atom is 0.131 e. The maximum absolute atomic E-state index is 13.7. The number of benzene rings is 2. The van der Waals surface area contributed by atoms with E-state index in [4.69, 9.17) is 5.73 Å². The summed E-state index contributed by atoms with van der Waals surface area (Å²) in [5.74, 6) is -0.111. The normalized spacial score (nSPS) is 17.0. The maximum atomic E-state index is 13.7. The first-order chi connectivity index (χ1) is 7.68. The van der Waals surface area contributed by atoms with Crippen molar-refractivity contribution in [3.05, 3.63) is 53.3 Å². The lowest BCUT2D eigenvalue weighted by Gasteiger charge is -2.05. The number of rotatable bonds is 0. The Balaban J connectivity index is 2.36. The Kier molecular flexibility index (Phi) is 1.79. The second-order valence-electron chi connectivity index (χ2n) is 3.95. The fourth-order valence-corrected chi connectivity index (χ4v) is 2.29. The van der Waals surface area contributed by atoms with Gasteiger partial charge in [-0.25, -0.2) is 4.39 Å². The van der Waals surface area contributed by atoms with Gasteiger partial charge in [-0.1, -0.05) is 18.2 Å². The zero-order chi connectivity index (χ0) is 11.3. The van der Waals surface area contributed by atoms with Gasteiger partial charge < -0.3 is 10.8 Å². The topological polar surface area (TPSA) is 46.2 Å². The number of hydrogen-bond acceptors (Lipinski definition) is 2. The van der Waals surface area contributed by atoms with E-state index in [1.54, 1.807) is 24.3 Å². The molecular weight excluding hydrogens is 205 g/mol. The van der Waals surface area contributed by atoms with Crippen molar-refractivity contribution >= 4 is 0 Å².